The van der Waals surface area contributed by atoms with E-state index in [0.29, 0.717) is 0 Å². The molecule has 1 aromatic carbocycles. The van der Waals surface area contributed by atoms with E-state index in [1.165, 1.54) is 9.81 Å². The van der Waals surface area contributed by atoms with Gasteiger partial charge in [0.15, 0.2) is 0 Å². The molecule has 3 heteroatoms. The van der Waals surface area contributed by atoms with Crippen LogP contribution in [0.3, 0.4) is 0 Å². The van der Waals surface area contributed by atoms with Crippen LogP contribution in [0.15, 0.2) is 80.4 Å². The summed E-state index contributed by atoms with van der Waals surface area (Å²) in [7, 11) is 0. The molecule has 0 fully saturated rings. The van der Waals surface area contributed by atoms with Crippen LogP contribution in [0.4, 0.5) is 0 Å². The zero-order valence-electron chi connectivity index (χ0n) is 12.3. The molecule has 0 aliphatic rings. The summed E-state index contributed by atoms with van der Waals surface area (Å²) in [6.07, 6.45) is 0. The molecule has 108 valence electrons. The summed E-state index contributed by atoms with van der Waals surface area (Å²) in [4.78, 5) is 0. The van der Waals surface area contributed by atoms with Crippen LogP contribution in [-0.4, -0.2) is 65.3 Å². The average Bonchev–Trinajstić information content (AvgIpc) is 2.51. The minimum atomic E-state index is -1.96. The van der Waals surface area contributed by atoms with Gasteiger partial charge in [0.05, 0.1) is 0 Å². The number of benzene rings is 1. The van der Waals surface area contributed by atoms with Crippen molar-refractivity contribution in [1.29, 1.82) is 0 Å². The third kappa shape index (κ3) is 5.16. The van der Waals surface area contributed by atoms with E-state index < -0.39 is 65.3 Å². The van der Waals surface area contributed by atoms with Gasteiger partial charge in [0, 0.05) is 0 Å². The summed E-state index contributed by atoms with van der Waals surface area (Å²) in [5, 5.41) is 0. The summed E-state index contributed by atoms with van der Waals surface area (Å²) >= 11 is -5.88. The third-order valence-corrected chi connectivity index (χ3v) is 22.1. The van der Waals surface area contributed by atoms with Gasteiger partial charge in [-0.1, -0.05) is 0 Å². The van der Waals surface area contributed by atoms with Gasteiger partial charge in [-0.15, -0.1) is 0 Å². The van der Waals surface area contributed by atoms with Crippen LogP contribution in [0.5, 0.6) is 0 Å². The monoisotopic (exact) mass is 864 g/mol. The second kappa shape index (κ2) is 10.2. The Hall–Kier alpha value is 0.309. The standard InChI is InChI=1S/C6H3.6C2H3.3Bi/c1-2-4-6-5-3-1;6*1-2;;;/h1,4-5H;6*1H,2H2;;;. The molecule has 0 saturated carbocycles. The first-order chi connectivity index (χ1) is 10.1. The first-order valence-electron chi connectivity index (χ1n) is 6.40. The SMILES string of the molecule is C=[CH][Bi]([CH]=C)[c]1c[c]([Bi]([CH]=C)[CH]=C)c[c]([Bi]([CH]=C)[CH]=C)c1. The molecule has 0 spiro atoms. The summed E-state index contributed by atoms with van der Waals surface area (Å²) in [5.41, 5.74) is 0. The Morgan fingerprint density at radius 2 is 0.667 bits per heavy atom. The number of hydrogen-bond donors (Lipinski definition) is 0. The summed E-state index contributed by atoms with van der Waals surface area (Å²) < 4.78 is 17.3. The number of rotatable bonds is 9. The molecule has 1 aromatic rings. The Morgan fingerprint density at radius 1 is 0.476 bits per heavy atom. The van der Waals surface area contributed by atoms with Crippen molar-refractivity contribution in [3.8, 4) is 0 Å². The van der Waals surface area contributed by atoms with Gasteiger partial charge in [-0.25, -0.2) is 0 Å². The Balaban J connectivity index is 3.50. The van der Waals surface area contributed by atoms with E-state index in [2.05, 4.69) is 80.4 Å². The molecule has 0 unspecified atom stereocenters. The van der Waals surface area contributed by atoms with Gasteiger partial charge >= 0.3 is 155 Å². The van der Waals surface area contributed by atoms with Gasteiger partial charge in [-0.05, 0) is 0 Å². The Morgan fingerprint density at radius 3 is 0.810 bits per heavy atom. The Kier molecular flexibility index (Phi) is 9.36. The van der Waals surface area contributed by atoms with Crippen molar-refractivity contribution in [2.45, 2.75) is 0 Å². The van der Waals surface area contributed by atoms with Crippen LogP contribution < -0.4 is 9.81 Å². The molecule has 21 heavy (non-hydrogen) atoms. The Labute approximate surface area is 153 Å². The zero-order chi connectivity index (χ0) is 15.8. The fraction of sp³-hybridized carbons (Fsp3) is 0. The van der Waals surface area contributed by atoms with E-state index in [-0.39, 0.29) is 0 Å². The molecule has 0 radical (unpaired) electrons. The van der Waals surface area contributed by atoms with Gasteiger partial charge < -0.3 is 0 Å². The molecule has 0 aliphatic carbocycles. The molecule has 0 saturated heterocycles. The van der Waals surface area contributed by atoms with E-state index in [1.807, 2.05) is 0 Å². The van der Waals surface area contributed by atoms with Gasteiger partial charge in [0.2, 0.25) is 0 Å². The first-order valence-corrected chi connectivity index (χ1v) is 23.7. The average molecular weight is 864 g/mol. The van der Waals surface area contributed by atoms with Crippen molar-refractivity contribution in [2.75, 3.05) is 0 Å². The second-order valence-corrected chi connectivity index (χ2v) is 28.1. The molecule has 0 aliphatic heterocycles. The third-order valence-electron chi connectivity index (χ3n) is 2.96. The Bertz CT molecular complexity index is 455. The fourth-order valence-corrected chi connectivity index (χ4v) is 20.3. The molecule has 0 atom stereocenters. The molecule has 0 bridgehead atoms. The topological polar surface area (TPSA) is 0 Å². The molecule has 1 rings (SSSR count). The molecule has 0 heterocycles. The molecular weight excluding hydrogens is 843 g/mol. The predicted octanol–water partition coefficient (Wildman–Crippen LogP) is 2.14. The number of hydrogen-bond acceptors (Lipinski definition) is 0. The van der Waals surface area contributed by atoms with E-state index in [0.717, 1.165) is 0 Å². The van der Waals surface area contributed by atoms with Crippen LogP contribution in [0, 0.1) is 0 Å². The van der Waals surface area contributed by atoms with E-state index in [1.54, 1.807) is 0 Å². The second-order valence-electron chi connectivity index (χ2n) is 4.02. The quantitative estimate of drug-likeness (QED) is 0.335. The van der Waals surface area contributed by atoms with Crippen molar-refractivity contribution in [3.63, 3.8) is 0 Å². The van der Waals surface area contributed by atoms with Crippen molar-refractivity contribution in [2.24, 2.45) is 0 Å². The van der Waals surface area contributed by atoms with Crippen LogP contribution in [0.2, 0.25) is 0 Å². The molecular formula is C18H21Bi3. The maximum atomic E-state index is 4.01. The van der Waals surface area contributed by atoms with Gasteiger partial charge in [0.25, 0.3) is 0 Å². The molecule has 0 aromatic heterocycles. The summed E-state index contributed by atoms with van der Waals surface area (Å²) in [6.45, 7) is 24.1. The zero-order valence-corrected chi connectivity index (χ0v) is 22.7. The van der Waals surface area contributed by atoms with Crippen LogP contribution >= 0.6 is 0 Å². The summed E-state index contributed by atoms with van der Waals surface area (Å²) in [5.74, 6) is 0. The first kappa shape index (κ1) is 19.4. The van der Waals surface area contributed by atoms with Crippen molar-refractivity contribution >= 4 is 75.1 Å². The van der Waals surface area contributed by atoms with E-state index >= 15 is 0 Å². The van der Waals surface area contributed by atoms with Crippen molar-refractivity contribution < 1.29 is 0 Å². The van der Waals surface area contributed by atoms with E-state index in [4.69, 9.17) is 0 Å². The van der Waals surface area contributed by atoms with Crippen LogP contribution in [-0.2, 0) is 0 Å². The normalized spacial score (nSPS) is 10.4. The maximum absolute atomic E-state index is 4.01. The minimum absolute atomic E-state index is 1.47. The van der Waals surface area contributed by atoms with E-state index in [9.17, 15) is 0 Å². The molecule has 0 nitrogen and oxygen atoms in total. The summed E-state index contributed by atoms with van der Waals surface area (Å²) in [6, 6.07) is 7.13. The fourth-order valence-electron chi connectivity index (χ4n) is 1.88. The molecule has 0 amide bonds. The predicted molar refractivity (Wildman–Crippen MR) is 104 cm³/mol. The molecule has 0 N–H and O–H groups in total. The van der Waals surface area contributed by atoms with Crippen molar-refractivity contribution in [3.05, 3.63) is 80.4 Å². The van der Waals surface area contributed by atoms with Crippen molar-refractivity contribution in [1.82, 2.24) is 0 Å². The van der Waals surface area contributed by atoms with Gasteiger partial charge in [-0.3, -0.25) is 0 Å². The van der Waals surface area contributed by atoms with Gasteiger partial charge in [-0.2, -0.15) is 0 Å². The van der Waals surface area contributed by atoms with Crippen LogP contribution in [0.25, 0.3) is 0 Å². The van der Waals surface area contributed by atoms with Crippen LogP contribution in [0.1, 0.15) is 0 Å². The van der Waals surface area contributed by atoms with Gasteiger partial charge in [0.1, 0.15) is 0 Å².